The van der Waals surface area contributed by atoms with Gasteiger partial charge in [-0.3, -0.25) is 0 Å². The van der Waals surface area contributed by atoms with Gasteiger partial charge in [0.05, 0.1) is 18.4 Å². The van der Waals surface area contributed by atoms with E-state index in [-0.39, 0.29) is 22.8 Å². The van der Waals surface area contributed by atoms with E-state index in [1.165, 1.54) is 19.2 Å². The standard InChI is InChI=1S/C17H17N3O5S/c1-11-4-3-7-20-9-13(19-16(11)20)10-25-17(21)12-5-6-14(24-2)15(8-12)26(18,22)23/h3-9H,10H2,1-2H3,(H2,18,22,23). The first-order valence-electron chi connectivity index (χ1n) is 7.61. The van der Waals surface area contributed by atoms with Crippen molar-refractivity contribution in [2.75, 3.05) is 7.11 Å². The first-order chi connectivity index (χ1) is 12.3. The molecule has 0 radical (unpaired) electrons. The van der Waals surface area contributed by atoms with Crippen molar-refractivity contribution in [3.05, 3.63) is 59.5 Å². The molecule has 2 N–H and O–H groups in total. The number of fused-ring (bicyclic) bond motifs is 1. The number of nitrogens with two attached hydrogens (primary N) is 1. The molecule has 0 aliphatic heterocycles. The minimum atomic E-state index is -4.04. The predicted molar refractivity (Wildman–Crippen MR) is 93.4 cm³/mol. The fourth-order valence-corrected chi connectivity index (χ4v) is 3.25. The van der Waals surface area contributed by atoms with Gasteiger partial charge in [-0.25, -0.2) is 23.3 Å². The van der Waals surface area contributed by atoms with Gasteiger partial charge < -0.3 is 13.9 Å². The largest absolute Gasteiger partial charge is 0.495 e. The molecule has 8 nitrogen and oxygen atoms in total. The third-order valence-corrected chi connectivity index (χ3v) is 4.72. The van der Waals surface area contributed by atoms with E-state index in [2.05, 4.69) is 4.98 Å². The molecule has 0 spiro atoms. The highest BCUT2D eigenvalue weighted by Crippen LogP contribution is 2.24. The molecule has 2 heterocycles. The molecule has 0 aliphatic rings. The number of imidazole rings is 1. The smallest absolute Gasteiger partial charge is 0.338 e. The van der Waals surface area contributed by atoms with Gasteiger partial charge in [-0.15, -0.1) is 0 Å². The van der Waals surface area contributed by atoms with E-state index in [1.54, 1.807) is 6.20 Å². The number of primary sulfonamides is 1. The van der Waals surface area contributed by atoms with Crippen molar-refractivity contribution in [1.29, 1.82) is 0 Å². The fraction of sp³-hybridized carbons (Fsp3) is 0.176. The average molecular weight is 375 g/mol. The van der Waals surface area contributed by atoms with E-state index in [1.807, 2.05) is 29.7 Å². The van der Waals surface area contributed by atoms with E-state index in [9.17, 15) is 13.2 Å². The van der Waals surface area contributed by atoms with Crippen molar-refractivity contribution in [1.82, 2.24) is 9.38 Å². The van der Waals surface area contributed by atoms with E-state index in [0.29, 0.717) is 5.69 Å². The van der Waals surface area contributed by atoms with E-state index in [4.69, 9.17) is 14.6 Å². The topological polar surface area (TPSA) is 113 Å². The zero-order valence-electron chi connectivity index (χ0n) is 14.2. The van der Waals surface area contributed by atoms with Crippen LogP contribution in [0.5, 0.6) is 5.75 Å². The number of ether oxygens (including phenoxy) is 2. The number of benzene rings is 1. The second-order valence-corrected chi connectivity index (χ2v) is 7.17. The van der Waals surface area contributed by atoms with Crippen molar-refractivity contribution in [3.8, 4) is 5.75 Å². The van der Waals surface area contributed by atoms with Gasteiger partial charge in [0.15, 0.2) is 0 Å². The second-order valence-electron chi connectivity index (χ2n) is 5.64. The van der Waals surface area contributed by atoms with Crippen molar-refractivity contribution >= 4 is 21.6 Å². The molecule has 0 amide bonds. The molecule has 2 aromatic heterocycles. The van der Waals surface area contributed by atoms with Gasteiger partial charge in [0, 0.05) is 12.4 Å². The van der Waals surface area contributed by atoms with Crippen LogP contribution in [-0.2, 0) is 21.4 Å². The zero-order chi connectivity index (χ0) is 18.9. The molecular weight excluding hydrogens is 358 g/mol. The van der Waals surface area contributed by atoms with Crippen LogP contribution in [0.3, 0.4) is 0 Å². The van der Waals surface area contributed by atoms with Crippen LogP contribution >= 0.6 is 0 Å². The summed E-state index contributed by atoms with van der Waals surface area (Å²) in [7, 11) is -2.73. The SMILES string of the molecule is COc1ccc(C(=O)OCc2cn3cccc(C)c3n2)cc1S(N)(=O)=O. The minimum absolute atomic E-state index is 0.0449. The third-order valence-electron chi connectivity index (χ3n) is 3.78. The molecule has 0 saturated carbocycles. The molecule has 0 unspecified atom stereocenters. The monoisotopic (exact) mass is 375 g/mol. The molecular formula is C17H17N3O5S. The number of carbonyl (C=O) groups excluding carboxylic acids is 1. The number of aromatic nitrogens is 2. The number of hydrogen-bond donors (Lipinski definition) is 1. The Bertz CT molecular complexity index is 1090. The van der Waals surface area contributed by atoms with E-state index >= 15 is 0 Å². The number of pyridine rings is 1. The lowest BCUT2D eigenvalue weighted by molar-refractivity contribution is 0.0468. The van der Waals surface area contributed by atoms with Crippen molar-refractivity contribution in [2.24, 2.45) is 5.14 Å². The van der Waals surface area contributed by atoms with Crippen LogP contribution in [0.15, 0.2) is 47.6 Å². The fourth-order valence-electron chi connectivity index (χ4n) is 2.52. The van der Waals surface area contributed by atoms with Gasteiger partial charge >= 0.3 is 5.97 Å². The molecule has 26 heavy (non-hydrogen) atoms. The van der Waals surface area contributed by atoms with E-state index < -0.39 is 16.0 Å². The lowest BCUT2D eigenvalue weighted by Crippen LogP contribution is -2.15. The maximum atomic E-state index is 12.2. The summed E-state index contributed by atoms with van der Waals surface area (Å²) in [6.45, 7) is 1.89. The summed E-state index contributed by atoms with van der Waals surface area (Å²) < 4.78 is 35.3. The molecule has 136 valence electrons. The number of hydrogen-bond acceptors (Lipinski definition) is 6. The Morgan fingerprint density at radius 2 is 2.08 bits per heavy atom. The maximum absolute atomic E-state index is 12.2. The molecule has 9 heteroatoms. The van der Waals surface area contributed by atoms with Crippen LogP contribution in [0.25, 0.3) is 5.65 Å². The predicted octanol–water partition coefficient (Wildman–Crippen LogP) is 1.66. The molecule has 0 saturated heterocycles. The average Bonchev–Trinajstić information content (AvgIpc) is 3.03. The molecule has 3 aromatic rings. The quantitative estimate of drug-likeness (QED) is 0.679. The number of esters is 1. The van der Waals surface area contributed by atoms with Crippen LogP contribution in [0.4, 0.5) is 0 Å². The van der Waals surface area contributed by atoms with Crippen LogP contribution in [0.1, 0.15) is 21.6 Å². The number of carbonyl (C=O) groups is 1. The van der Waals surface area contributed by atoms with E-state index in [0.717, 1.165) is 17.3 Å². The number of aryl methyl sites for hydroxylation is 1. The summed E-state index contributed by atoms with van der Waals surface area (Å²) in [4.78, 5) is 16.4. The van der Waals surface area contributed by atoms with Gasteiger partial charge in [-0.05, 0) is 36.8 Å². The summed E-state index contributed by atoms with van der Waals surface area (Å²) >= 11 is 0. The number of sulfonamides is 1. The van der Waals surface area contributed by atoms with Crippen LogP contribution < -0.4 is 9.88 Å². The third kappa shape index (κ3) is 3.53. The maximum Gasteiger partial charge on any atom is 0.338 e. The second kappa shape index (κ2) is 6.77. The summed E-state index contributed by atoms with van der Waals surface area (Å²) in [6, 6.07) is 7.72. The molecule has 1 aromatic carbocycles. The van der Waals surface area contributed by atoms with Crippen LogP contribution in [0.2, 0.25) is 0 Å². The minimum Gasteiger partial charge on any atom is -0.495 e. The zero-order valence-corrected chi connectivity index (χ0v) is 15.0. The molecule has 0 fully saturated rings. The van der Waals surface area contributed by atoms with Crippen molar-refractivity contribution in [2.45, 2.75) is 18.4 Å². The highest BCUT2D eigenvalue weighted by atomic mass is 32.2. The molecule has 3 rings (SSSR count). The van der Waals surface area contributed by atoms with Gasteiger partial charge in [0.2, 0.25) is 10.0 Å². The van der Waals surface area contributed by atoms with Gasteiger partial charge in [-0.1, -0.05) is 6.07 Å². The van der Waals surface area contributed by atoms with Crippen molar-refractivity contribution < 1.29 is 22.7 Å². The Morgan fingerprint density at radius 1 is 1.31 bits per heavy atom. The first kappa shape index (κ1) is 17.9. The van der Waals surface area contributed by atoms with Gasteiger partial charge in [0.1, 0.15) is 22.9 Å². The lowest BCUT2D eigenvalue weighted by atomic mass is 10.2. The van der Waals surface area contributed by atoms with Crippen LogP contribution in [0, 0.1) is 6.92 Å². The normalized spacial score (nSPS) is 11.5. The molecule has 0 atom stereocenters. The summed E-state index contributed by atoms with van der Waals surface area (Å²) in [5.74, 6) is -0.633. The summed E-state index contributed by atoms with van der Waals surface area (Å²) in [6.07, 6.45) is 3.61. The summed E-state index contributed by atoms with van der Waals surface area (Å²) in [5, 5.41) is 5.15. The van der Waals surface area contributed by atoms with Gasteiger partial charge in [0.25, 0.3) is 0 Å². The molecule has 0 aliphatic carbocycles. The highest BCUT2D eigenvalue weighted by Gasteiger charge is 2.19. The molecule has 0 bridgehead atoms. The number of nitrogens with zero attached hydrogens (tertiary/aromatic N) is 2. The Labute approximate surface area is 150 Å². The van der Waals surface area contributed by atoms with Crippen LogP contribution in [-0.4, -0.2) is 30.9 Å². The van der Waals surface area contributed by atoms with Crippen molar-refractivity contribution in [3.63, 3.8) is 0 Å². The number of rotatable bonds is 5. The summed E-state index contributed by atoms with van der Waals surface area (Å²) in [5.41, 5.74) is 2.40. The number of methoxy groups -OCH3 is 1. The highest BCUT2D eigenvalue weighted by molar-refractivity contribution is 7.89. The Balaban J connectivity index is 1.80. The first-order valence-corrected chi connectivity index (χ1v) is 9.15. The Morgan fingerprint density at radius 3 is 2.73 bits per heavy atom. The Hall–Kier alpha value is -2.91. The lowest BCUT2D eigenvalue weighted by Gasteiger charge is -2.09. The van der Waals surface area contributed by atoms with Gasteiger partial charge in [-0.2, -0.15) is 0 Å². The Kier molecular flexibility index (Phi) is 4.66.